The molecule has 106 valence electrons. The van der Waals surface area contributed by atoms with Crippen molar-refractivity contribution in [1.82, 2.24) is 9.97 Å². The SMILES string of the molecule is COc1ccc2nc(NCCCC(=O)O)c(C)nc2c1. The van der Waals surface area contributed by atoms with Gasteiger partial charge >= 0.3 is 5.97 Å². The number of aromatic nitrogens is 2. The average molecular weight is 275 g/mol. The van der Waals surface area contributed by atoms with Gasteiger partial charge in [0.1, 0.15) is 11.6 Å². The summed E-state index contributed by atoms with van der Waals surface area (Å²) in [7, 11) is 1.61. The fourth-order valence-electron chi connectivity index (χ4n) is 1.86. The predicted octanol–water partition coefficient (Wildman–Crippen LogP) is 2.22. The number of anilines is 1. The topological polar surface area (TPSA) is 84.3 Å². The Hall–Kier alpha value is -2.37. The number of benzene rings is 1. The van der Waals surface area contributed by atoms with Crippen molar-refractivity contribution in [3.63, 3.8) is 0 Å². The van der Waals surface area contributed by atoms with Crippen LogP contribution in [0.4, 0.5) is 5.82 Å². The molecule has 0 aliphatic heterocycles. The van der Waals surface area contributed by atoms with Crippen LogP contribution in [-0.4, -0.2) is 34.7 Å². The van der Waals surface area contributed by atoms with Crippen molar-refractivity contribution < 1.29 is 14.6 Å². The summed E-state index contributed by atoms with van der Waals surface area (Å²) in [6.45, 7) is 2.43. The number of rotatable bonds is 6. The van der Waals surface area contributed by atoms with E-state index in [4.69, 9.17) is 9.84 Å². The van der Waals surface area contributed by atoms with Gasteiger partial charge in [-0.1, -0.05) is 0 Å². The second-order valence-electron chi connectivity index (χ2n) is 4.44. The molecular weight excluding hydrogens is 258 g/mol. The number of ether oxygens (including phenoxy) is 1. The zero-order valence-corrected chi connectivity index (χ0v) is 11.5. The van der Waals surface area contributed by atoms with Crippen LogP contribution in [0.25, 0.3) is 11.0 Å². The van der Waals surface area contributed by atoms with Gasteiger partial charge in [-0.15, -0.1) is 0 Å². The van der Waals surface area contributed by atoms with Gasteiger partial charge in [0, 0.05) is 19.0 Å². The third-order valence-corrected chi connectivity index (χ3v) is 2.91. The van der Waals surface area contributed by atoms with Crippen LogP contribution in [0.15, 0.2) is 18.2 Å². The Kier molecular flexibility index (Phi) is 4.34. The largest absolute Gasteiger partial charge is 0.497 e. The third-order valence-electron chi connectivity index (χ3n) is 2.91. The van der Waals surface area contributed by atoms with Crippen LogP contribution in [0, 0.1) is 6.92 Å². The fourth-order valence-corrected chi connectivity index (χ4v) is 1.86. The van der Waals surface area contributed by atoms with Crippen molar-refractivity contribution in [3.05, 3.63) is 23.9 Å². The Morgan fingerprint density at radius 1 is 1.35 bits per heavy atom. The van der Waals surface area contributed by atoms with E-state index in [-0.39, 0.29) is 6.42 Å². The number of fused-ring (bicyclic) bond motifs is 1. The molecule has 0 spiro atoms. The van der Waals surface area contributed by atoms with E-state index in [9.17, 15) is 4.79 Å². The molecule has 20 heavy (non-hydrogen) atoms. The van der Waals surface area contributed by atoms with Gasteiger partial charge in [-0.05, 0) is 25.5 Å². The second-order valence-corrected chi connectivity index (χ2v) is 4.44. The highest BCUT2D eigenvalue weighted by atomic mass is 16.5. The van der Waals surface area contributed by atoms with Crippen LogP contribution in [0.2, 0.25) is 0 Å². The predicted molar refractivity (Wildman–Crippen MR) is 76.2 cm³/mol. The smallest absolute Gasteiger partial charge is 0.303 e. The minimum atomic E-state index is -0.791. The maximum Gasteiger partial charge on any atom is 0.303 e. The molecule has 0 aliphatic carbocycles. The molecule has 6 heteroatoms. The molecule has 0 saturated carbocycles. The van der Waals surface area contributed by atoms with Gasteiger partial charge in [-0.25, -0.2) is 9.97 Å². The first-order chi connectivity index (χ1) is 9.60. The Morgan fingerprint density at radius 3 is 2.85 bits per heavy atom. The summed E-state index contributed by atoms with van der Waals surface area (Å²) in [6, 6.07) is 5.52. The van der Waals surface area contributed by atoms with Crippen LogP contribution < -0.4 is 10.1 Å². The molecule has 6 nitrogen and oxygen atoms in total. The molecule has 2 rings (SSSR count). The minimum absolute atomic E-state index is 0.143. The molecule has 2 aromatic rings. The van der Waals surface area contributed by atoms with Gasteiger partial charge in [-0.2, -0.15) is 0 Å². The number of hydrogen-bond donors (Lipinski definition) is 2. The van der Waals surface area contributed by atoms with Gasteiger partial charge in [0.15, 0.2) is 0 Å². The van der Waals surface area contributed by atoms with Crippen LogP contribution >= 0.6 is 0 Å². The maximum absolute atomic E-state index is 10.4. The molecule has 0 saturated heterocycles. The van der Waals surface area contributed by atoms with Gasteiger partial charge in [0.25, 0.3) is 0 Å². The number of carbonyl (C=O) groups is 1. The van der Waals surface area contributed by atoms with Crippen molar-refractivity contribution in [3.8, 4) is 5.75 Å². The van der Waals surface area contributed by atoms with Crippen molar-refractivity contribution in [2.24, 2.45) is 0 Å². The summed E-state index contributed by atoms with van der Waals surface area (Å²) in [5.41, 5.74) is 2.33. The number of methoxy groups -OCH3 is 1. The lowest BCUT2D eigenvalue weighted by molar-refractivity contribution is -0.137. The van der Waals surface area contributed by atoms with Crippen molar-refractivity contribution in [2.75, 3.05) is 19.0 Å². The van der Waals surface area contributed by atoms with E-state index in [0.29, 0.717) is 18.8 Å². The quantitative estimate of drug-likeness (QED) is 0.786. The average Bonchev–Trinajstić information content (AvgIpc) is 2.43. The fraction of sp³-hybridized carbons (Fsp3) is 0.357. The first kappa shape index (κ1) is 14.0. The number of carboxylic acids is 1. The molecule has 0 fully saturated rings. The molecule has 0 amide bonds. The summed E-state index contributed by atoms with van der Waals surface area (Å²) in [4.78, 5) is 19.4. The highest BCUT2D eigenvalue weighted by Crippen LogP contribution is 2.21. The van der Waals surface area contributed by atoms with Crippen LogP contribution in [0.1, 0.15) is 18.5 Å². The lowest BCUT2D eigenvalue weighted by Gasteiger charge is -2.09. The molecule has 1 aromatic carbocycles. The van der Waals surface area contributed by atoms with Crippen molar-refractivity contribution in [1.29, 1.82) is 0 Å². The molecule has 0 aliphatic rings. The molecule has 0 atom stereocenters. The van der Waals surface area contributed by atoms with Crippen molar-refractivity contribution in [2.45, 2.75) is 19.8 Å². The van der Waals surface area contributed by atoms with Crippen LogP contribution in [-0.2, 0) is 4.79 Å². The Balaban J connectivity index is 2.14. The lowest BCUT2D eigenvalue weighted by Crippen LogP contribution is -2.08. The van der Waals surface area contributed by atoms with E-state index >= 15 is 0 Å². The third kappa shape index (κ3) is 3.34. The van der Waals surface area contributed by atoms with E-state index < -0.39 is 5.97 Å². The molecule has 0 bridgehead atoms. The standard InChI is InChI=1S/C14H17N3O3/c1-9-14(15-7-3-4-13(18)19)17-11-6-5-10(20-2)8-12(11)16-9/h5-6,8H,3-4,7H2,1-2H3,(H,15,17)(H,18,19). The summed E-state index contributed by atoms with van der Waals surface area (Å²) < 4.78 is 5.16. The van der Waals surface area contributed by atoms with Gasteiger partial charge < -0.3 is 15.2 Å². The molecule has 1 heterocycles. The second kappa shape index (κ2) is 6.18. The summed E-state index contributed by atoms with van der Waals surface area (Å²) in [6.07, 6.45) is 0.696. The van der Waals surface area contributed by atoms with Gasteiger partial charge in [-0.3, -0.25) is 4.79 Å². The summed E-state index contributed by atoms with van der Waals surface area (Å²) in [5.74, 6) is 0.640. The van der Waals surface area contributed by atoms with E-state index in [1.54, 1.807) is 7.11 Å². The number of nitrogens with zero attached hydrogens (tertiary/aromatic N) is 2. The normalized spacial score (nSPS) is 10.5. The Morgan fingerprint density at radius 2 is 2.15 bits per heavy atom. The monoisotopic (exact) mass is 275 g/mol. The summed E-state index contributed by atoms with van der Waals surface area (Å²) in [5, 5.41) is 11.7. The first-order valence-electron chi connectivity index (χ1n) is 6.38. The highest BCUT2D eigenvalue weighted by molar-refractivity contribution is 5.78. The lowest BCUT2D eigenvalue weighted by atomic mass is 10.2. The first-order valence-corrected chi connectivity index (χ1v) is 6.38. The molecule has 2 N–H and O–H groups in total. The molecule has 0 radical (unpaired) electrons. The number of hydrogen-bond acceptors (Lipinski definition) is 5. The number of aryl methyl sites for hydroxylation is 1. The number of carboxylic acid groups (broad SMARTS) is 1. The number of nitrogens with one attached hydrogen (secondary N) is 1. The van der Waals surface area contributed by atoms with Crippen LogP contribution in [0.5, 0.6) is 5.75 Å². The Bertz CT molecular complexity index is 628. The maximum atomic E-state index is 10.4. The van der Waals surface area contributed by atoms with E-state index in [1.165, 1.54) is 0 Å². The number of aliphatic carboxylic acids is 1. The summed E-state index contributed by atoms with van der Waals surface area (Å²) >= 11 is 0. The van der Waals surface area contributed by atoms with Gasteiger partial charge in [0.2, 0.25) is 0 Å². The molecular formula is C14H17N3O3. The van der Waals surface area contributed by atoms with Crippen LogP contribution in [0.3, 0.4) is 0 Å². The molecule has 0 unspecified atom stereocenters. The zero-order chi connectivity index (χ0) is 14.5. The van der Waals surface area contributed by atoms with E-state index in [1.807, 2.05) is 25.1 Å². The zero-order valence-electron chi connectivity index (χ0n) is 11.5. The minimum Gasteiger partial charge on any atom is -0.497 e. The highest BCUT2D eigenvalue weighted by Gasteiger charge is 2.06. The Labute approximate surface area is 116 Å². The van der Waals surface area contributed by atoms with E-state index in [2.05, 4.69) is 15.3 Å². The molecule has 1 aromatic heterocycles. The van der Waals surface area contributed by atoms with E-state index in [0.717, 1.165) is 22.5 Å². The van der Waals surface area contributed by atoms with Crippen molar-refractivity contribution >= 4 is 22.8 Å². The van der Waals surface area contributed by atoms with Gasteiger partial charge in [0.05, 0.1) is 23.8 Å².